The maximum atomic E-state index is 5.47. The molecule has 1 aliphatic rings. The van der Waals surface area contributed by atoms with E-state index in [1.807, 2.05) is 6.07 Å². The normalized spacial score (nSPS) is 24.9. The van der Waals surface area contributed by atoms with Gasteiger partial charge in [0.05, 0.1) is 6.10 Å². The Morgan fingerprint density at radius 3 is 2.79 bits per heavy atom. The molecule has 2 unspecified atom stereocenters. The number of hydrogen-bond donors (Lipinski definition) is 1. The first-order valence-corrected chi connectivity index (χ1v) is 7.59. The Hall–Kier alpha value is -0.680. The fraction of sp³-hybridized carbons (Fsp3) is 0.714. The molecule has 1 N–H and O–H groups in total. The lowest BCUT2D eigenvalue weighted by Gasteiger charge is -2.51. The molecule has 1 heterocycles. The zero-order valence-corrected chi connectivity index (χ0v) is 13.6. The summed E-state index contributed by atoms with van der Waals surface area (Å²) in [5.74, 6) is 1.79. The van der Waals surface area contributed by atoms with Crippen molar-refractivity contribution in [2.24, 2.45) is 5.41 Å². The highest BCUT2D eigenvalue weighted by Gasteiger charge is 2.48. The van der Waals surface area contributed by atoms with E-state index in [2.05, 4.69) is 52.0 Å². The van der Waals surface area contributed by atoms with Crippen LogP contribution in [0.4, 0.5) is 5.82 Å². The third-order valence-corrected chi connectivity index (χ3v) is 4.41. The van der Waals surface area contributed by atoms with Gasteiger partial charge in [-0.1, -0.05) is 20.8 Å². The Kier molecular flexibility index (Phi) is 4.46. The summed E-state index contributed by atoms with van der Waals surface area (Å²) in [7, 11) is 1.78. The van der Waals surface area contributed by atoms with Crippen LogP contribution < -0.4 is 5.32 Å². The van der Waals surface area contributed by atoms with Crippen molar-refractivity contribution in [3.05, 3.63) is 16.5 Å². The molecule has 2 rings (SSSR count). The predicted molar refractivity (Wildman–Crippen MR) is 80.3 cm³/mol. The molecule has 0 amide bonds. The van der Waals surface area contributed by atoms with Gasteiger partial charge in [0.1, 0.15) is 16.2 Å². The van der Waals surface area contributed by atoms with Crippen molar-refractivity contribution in [3.63, 3.8) is 0 Å². The number of aryl methyl sites for hydroxylation is 1. The highest BCUT2D eigenvalue weighted by atomic mass is 79.9. The highest BCUT2D eigenvalue weighted by molar-refractivity contribution is 9.10. The minimum atomic E-state index is 0.136. The van der Waals surface area contributed by atoms with Crippen molar-refractivity contribution >= 4 is 21.7 Å². The van der Waals surface area contributed by atoms with Gasteiger partial charge in [-0.15, -0.1) is 0 Å². The minimum absolute atomic E-state index is 0.136. The molecule has 4 nitrogen and oxygen atoms in total. The smallest absolute Gasteiger partial charge is 0.132 e. The zero-order valence-electron chi connectivity index (χ0n) is 12.0. The Morgan fingerprint density at radius 2 is 2.21 bits per heavy atom. The topological polar surface area (TPSA) is 47.0 Å². The zero-order chi connectivity index (χ0) is 14.0. The molecule has 106 valence electrons. The van der Waals surface area contributed by atoms with Gasteiger partial charge in [0.25, 0.3) is 0 Å². The van der Waals surface area contributed by atoms with Gasteiger partial charge in [-0.05, 0) is 28.8 Å². The van der Waals surface area contributed by atoms with Gasteiger partial charge in [-0.3, -0.25) is 0 Å². The molecule has 1 aromatic heterocycles. The van der Waals surface area contributed by atoms with Gasteiger partial charge < -0.3 is 10.1 Å². The van der Waals surface area contributed by atoms with Gasteiger partial charge in [0.2, 0.25) is 0 Å². The number of hydrogen-bond acceptors (Lipinski definition) is 4. The van der Waals surface area contributed by atoms with Crippen molar-refractivity contribution in [3.8, 4) is 0 Å². The summed E-state index contributed by atoms with van der Waals surface area (Å²) in [4.78, 5) is 8.95. The third kappa shape index (κ3) is 3.08. The lowest BCUT2D eigenvalue weighted by atomic mass is 9.64. The van der Waals surface area contributed by atoms with Crippen molar-refractivity contribution in [1.29, 1.82) is 0 Å². The fourth-order valence-electron chi connectivity index (χ4n) is 2.58. The van der Waals surface area contributed by atoms with E-state index < -0.39 is 0 Å². The molecule has 19 heavy (non-hydrogen) atoms. The largest absolute Gasteiger partial charge is 0.381 e. The molecule has 0 spiro atoms. The SMILES string of the molecule is CCCc1nc(Br)cc(NC2CC(OC)C2(C)C)n1. The van der Waals surface area contributed by atoms with Crippen LogP contribution in [0.1, 0.15) is 39.4 Å². The average molecular weight is 328 g/mol. The number of nitrogens with zero attached hydrogens (tertiary/aromatic N) is 2. The van der Waals surface area contributed by atoms with Crippen LogP contribution in [0.25, 0.3) is 0 Å². The summed E-state index contributed by atoms with van der Waals surface area (Å²) in [6.45, 7) is 6.59. The first-order chi connectivity index (χ1) is 8.97. The molecule has 0 bridgehead atoms. The second-order valence-corrected chi connectivity index (χ2v) is 6.53. The van der Waals surface area contributed by atoms with E-state index in [1.54, 1.807) is 7.11 Å². The molecule has 0 aromatic carbocycles. The first kappa shape index (κ1) is 14.7. The molecule has 0 aliphatic heterocycles. The Labute approximate surface area is 123 Å². The molecule has 0 radical (unpaired) electrons. The van der Waals surface area contributed by atoms with Crippen LogP contribution in [0.2, 0.25) is 0 Å². The summed E-state index contributed by atoms with van der Waals surface area (Å²) in [6, 6.07) is 2.34. The molecule has 5 heteroatoms. The second kappa shape index (κ2) is 5.75. The van der Waals surface area contributed by atoms with Gasteiger partial charge in [-0.25, -0.2) is 9.97 Å². The summed E-state index contributed by atoms with van der Waals surface area (Å²) in [5.41, 5.74) is 0.136. The van der Waals surface area contributed by atoms with E-state index in [0.29, 0.717) is 12.1 Å². The average Bonchev–Trinajstić information content (AvgIpc) is 2.33. The number of methoxy groups -OCH3 is 1. The van der Waals surface area contributed by atoms with Crippen molar-refractivity contribution in [2.45, 2.75) is 52.2 Å². The second-order valence-electron chi connectivity index (χ2n) is 5.72. The number of rotatable bonds is 5. The van der Waals surface area contributed by atoms with Crippen LogP contribution in [-0.2, 0) is 11.2 Å². The van der Waals surface area contributed by atoms with Crippen LogP contribution in [0.5, 0.6) is 0 Å². The van der Waals surface area contributed by atoms with Gasteiger partial charge in [-0.2, -0.15) is 0 Å². The lowest BCUT2D eigenvalue weighted by molar-refractivity contribution is -0.0795. The minimum Gasteiger partial charge on any atom is -0.381 e. The molecular weight excluding hydrogens is 306 g/mol. The summed E-state index contributed by atoms with van der Waals surface area (Å²) < 4.78 is 6.31. The molecule has 0 saturated heterocycles. The van der Waals surface area contributed by atoms with Gasteiger partial charge in [0.15, 0.2) is 0 Å². The number of halogens is 1. The van der Waals surface area contributed by atoms with E-state index in [0.717, 1.165) is 35.5 Å². The van der Waals surface area contributed by atoms with Crippen LogP contribution in [0, 0.1) is 5.41 Å². The van der Waals surface area contributed by atoms with Crippen molar-refractivity contribution < 1.29 is 4.74 Å². The Morgan fingerprint density at radius 1 is 1.47 bits per heavy atom. The molecule has 2 atom stereocenters. The summed E-state index contributed by atoms with van der Waals surface area (Å²) >= 11 is 3.45. The standard InChI is InChI=1S/C14H22BrN3O/c1-5-6-12-17-11(15)8-13(18-12)16-9-7-10(19-4)14(9,2)3/h8-10H,5-7H2,1-4H3,(H,16,17,18). The predicted octanol–water partition coefficient (Wildman–Crippen LogP) is 3.42. The molecule has 1 fully saturated rings. The molecule has 1 aromatic rings. The quantitative estimate of drug-likeness (QED) is 0.842. The molecule has 1 aliphatic carbocycles. The van der Waals surface area contributed by atoms with Crippen LogP contribution >= 0.6 is 15.9 Å². The van der Waals surface area contributed by atoms with E-state index in [4.69, 9.17) is 4.74 Å². The van der Waals surface area contributed by atoms with E-state index in [9.17, 15) is 0 Å². The van der Waals surface area contributed by atoms with E-state index in [-0.39, 0.29) is 5.41 Å². The number of ether oxygens (including phenoxy) is 1. The van der Waals surface area contributed by atoms with Crippen LogP contribution in [0.3, 0.4) is 0 Å². The van der Waals surface area contributed by atoms with Crippen molar-refractivity contribution in [2.75, 3.05) is 12.4 Å². The number of anilines is 1. The fourth-order valence-corrected chi connectivity index (χ4v) is 3.00. The van der Waals surface area contributed by atoms with E-state index in [1.165, 1.54) is 0 Å². The third-order valence-electron chi connectivity index (χ3n) is 4.00. The monoisotopic (exact) mass is 327 g/mol. The number of aromatic nitrogens is 2. The van der Waals surface area contributed by atoms with Gasteiger partial charge in [0, 0.05) is 31.1 Å². The first-order valence-electron chi connectivity index (χ1n) is 6.80. The van der Waals surface area contributed by atoms with Crippen LogP contribution in [0.15, 0.2) is 10.7 Å². The number of nitrogens with one attached hydrogen (secondary N) is 1. The van der Waals surface area contributed by atoms with Gasteiger partial charge >= 0.3 is 0 Å². The maximum absolute atomic E-state index is 5.47. The molecular formula is C14H22BrN3O. The summed E-state index contributed by atoms with van der Waals surface area (Å²) in [5, 5.41) is 3.51. The molecule has 1 saturated carbocycles. The van der Waals surface area contributed by atoms with Crippen LogP contribution in [-0.4, -0.2) is 29.2 Å². The maximum Gasteiger partial charge on any atom is 0.132 e. The highest BCUT2D eigenvalue weighted by Crippen LogP contribution is 2.43. The Bertz CT molecular complexity index is 450. The lowest BCUT2D eigenvalue weighted by Crippen LogP contribution is -2.57. The summed E-state index contributed by atoms with van der Waals surface area (Å²) in [6.07, 6.45) is 3.30. The Balaban J connectivity index is 2.08. The van der Waals surface area contributed by atoms with Crippen molar-refractivity contribution in [1.82, 2.24) is 9.97 Å². The van der Waals surface area contributed by atoms with E-state index >= 15 is 0 Å².